The Bertz CT molecular complexity index is 876. The highest BCUT2D eigenvalue weighted by molar-refractivity contribution is 6.30. The first-order valence-corrected chi connectivity index (χ1v) is 12.7. The maximum absolute atomic E-state index is 13.1. The van der Waals surface area contributed by atoms with Gasteiger partial charge < -0.3 is 0 Å². The van der Waals surface area contributed by atoms with Crippen LogP contribution in [-0.4, -0.2) is 57.7 Å². The second-order valence-corrected chi connectivity index (χ2v) is 11.0. The van der Waals surface area contributed by atoms with Crippen LogP contribution in [0, 0.1) is 23.7 Å². The highest BCUT2D eigenvalue weighted by Gasteiger charge is 2.51. The summed E-state index contributed by atoms with van der Waals surface area (Å²) in [6.07, 6.45) is 10.5. The van der Waals surface area contributed by atoms with Gasteiger partial charge in [-0.2, -0.15) is 0 Å². The maximum atomic E-state index is 13.1. The van der Waals surface area contributed by atoms with Crippen LogP contribution in [0.4, 0.5) is 0 Å². The Morgan fingerprint density at radius 3 is 1.58 bits per heavy atom. The average Bonchev–Trinajstić information content (AvgIpc) is 3.18. The number of hydrogen-bond acceptors (Lipinski definition) is 5. The molecule has 1 saturated carbocycles. The zero-order valence-corrected chi connectivity index (χ0v) is 20.1. The van der Waals surface area contributed by atoms with Gasteiger partial charge in [-0.25, -0.2) is 0 Å². The standard InChI is InChI=1S/C24H29Cl2N3O4/c25-14-6-8-17-19(10-14)23(32)28(21(17)30)12-27(16-4-2-1-3-5-16)13-29-22(31)18-9-7-15(26)11-20(18)24(29)33/h6-7,16-20H,1-5,8-13H2/t17-,18+,19-,20-/m0/s1. The molecule has 0 bridgehead atoms. The number of amides is 4. The van der Waals surface area contributed by atoms with Crippen LogP contribution in [0.2, 0.25) is 0 Å². The van der Waals surface area contributed by atoms with E-state index >= 15 is 0 Å². The first-order chi connectivity index (χ1) is 15.8. The van der Waals surface area contributed by atoms with Crippen molar-refractivity contribution in [2.75, 3.05) is 13.3 Å². The van der Waals surface area contributed by atoms with E-state index in [0.717, 1.165) is 32.1 Å². The normalized spacial score (nSPS) is 32.9. The molecule has 0 unspecified atom stereocenters. The number of nitrogens with zero attached hydrogens (tertiary/aromatic N) is 3. The number of allylic oxidation sites excluding steroid dienone is 4. The Hall–Kier alpha value is -1.70. The van der Waals surface area contributed by atoms with E-state index in [4.69, 9.17) is 23.2 Å². The lowest BCUT2D eigenvalue weighted by atomic mass is 9.85. The molecule has 0 spiro atoms. The molecule has 2 aliphatic heterocycles. The van der Waals surface area contributed by atoms with Crippen molar-refractivity contribution in [1.29, 1.82) is 0 Å². The molecule has 5 rings (SSSR count). The predicted octanol–water partition coefficient (Wildman–Crippen LogP) is 3.57. The van der Waals surface area contributed by atoms with Gasteiger partial charge in [0.15, 0.2) is 0 Å². The molecular weight excluding hydrogens is 465 g/mol. The third kappa shape index (κ3) is 4.17. The number of carbonyl (C=O) groups is 4. The summed E-state index contributed by atoms with van der Waals surface area (Å²) in [4.78, 5) is 57.2. The van der Waals surface area contributed by atoms with Gasteiger partial charge in [-0.15, -0.1) is 0 Å². The number of halogens is 2. The summed E-state index contributed by atoms with van der Waals surface area (Å²) in [6.45, 7) is 0.219. The molecule has 4 atom stereocenters. The van der Waals surface area contributed by atoms with Gasteiger partial charge in [0.1, 0.15) is 0 Å². The third-order valence-electron chi connectivity index (χ3n) is 8.06. The van der Waals surface area contributed by atoms with Crippen LogP contribution in [-0.2, 0) is 19.2 Å². The van der Waals surface area contributed by atoms with Gasteiger partial charge in [-0.3, -0.25) is 33.9 Å². The van der Waals surface area contributed by atoms with Gasteiger partial charge in [0.25, 0.3) is 0 Å². The molecule has 9 heteroatoms. The van der Waals surface area contributed by atoms with Crippen LogP contribution in [0.25, 0.3) is 0 Å². The minimum Gasteiger partial charge on any atom is -0.274 e. The summed E-state index contributed by atoms with van der Waals surface area (Å²) >= 11 is 12.3. The highest BCUT2D eigenvalue weighted by Crippen LogP contribution is 2.41. The molecule has 7 nitrogen and oxygen atoms in total. The molecule has 2 saturated heterocycles. The van der Waals surface area contributed by atoms with Gasteiger partial charge in [0.05, 0.1) is 37.0 Å². The lowest BCUT2D eigenvalue weighted by Gasteiger charge is -2.38. The molecule has 4 amide bonds. The van der Waals surface area contributed by atoms with Gasteiger partial charge in [0, 0.05) is 16.1 Å². The van der Waals surface area contributed by atoms with E-state index in [2.05, 4.69) is 0 Å². The summed E-state index contributed by atoms with van der Waals surface area (Å²) < 4.78 is 0. The molecular formula is C24H29Cl2N3O4. The molecule has 178 valence electrons. The summed E-state index contributed by atoms with van der Waals surface area (Å²) in [5, 5.41) is 1.26. The fourth-order valence-corrected chi connectivity index (χ4v) is 6.67. The van der Waals surface area contributed by atoms with Crippen molar-refractivity contribution in [2.24, 2.45) is 23.7 Å². The fourth-order valence-electron chi connectivity index (χ4n) is 6.16. The van der Waals surface area contributed by atoms with Crippen LogP contribution < -0.4 is 0 Å². The van der Waals surface area contributed by atoms with Crippen molar-refractivity contribution >= 4 is 46.8 Å². The van der Waals surface area contributed by atoms with Crippen molar-refractivity contribution in [3.8, 4) is 0 Å². The van der Waals surface area contributed by atoms with E-state index < -0.39 is 11.8 Å². The van der Waals surface area contributed by atoms with Crippen LogP contribution in [0.5, 0.6) is 0 Å². The van der Waals surface area contributed by atoms with E-state index in [1.807, 2.05) is 17.1 Å². The topological polar surface area (TPSA) is 78.0 Å². The van der Waals surface area contributed by atoms with E-state index in [-0.39, 0.29) is 54.8 Å². The van der Waals surface area contributed by atoms with Gasteiger partial charge >= 0.3 is 0 Å². The number of hydrogen-bond donors (Lipinski definition) is 0. The molecule has 0 radical (unpaired) electrons. The Labute approximate surface area is 203 Å². The fraction of sp³-hybridized carbons (Fsp3) is 0.667. The lowest BCUT2D eigenvalue weighted by Crippen LogP contribution is -2.52. The van der Waals surface area contributed by atoms with E-state index in [1.54, 1.807) is 0 Å². The van der Waals surface area contributed by atoms with Crippen molar-refractivity contribution in [3.05, 3.63) is 22.2 Å². The average molecular weight is 494 g/mol. The second kappa shape index (κ2) is 9.16. The zero-order chi connectivity index (χ0) is 23.3. The van der Waals surface area contributed by atoms with Crippen LogP contribution in [0.1, 0.15) is 57.8 Å². The van der Waals surface area contributed by atoms with Crippen molar-refractivity contribution in [2.45, 2.75) is 63.8 Å². The smallest absolute Gasteiger partial charge is 0.234 e. The number of likely N-dealkylation sites (tertiary alicyclic amines) is 2. The SMILES string of the molecule is O=C1[C@H]2CC=C(Cl)C[C@@H]2C(=O)N1CN(CN1C(=O)[C@H]2CC(Cl)=CC[C@H]2C1=O)C1CCCCC1. The molecule has 0 aromatic carbocycles. The van der Waals surface area contributed by atoms with Gasteiger partial charge in [0.2, 0.25) is 23.6 Å². The van der Waals surface area contributed by atoms with Crippen LogP contribution in [0.3, 0.4) is 0 Å². The summed E-state index contributed by atoms with van der Waals surface area (Å²) in [5.41, 5.74) is 0. The Balaban J connectivity index is 1.35. The van der Waals surface area contributed by atoms with Gasteiger partial charge in [-0.1, -0.05) is 54.6 Å². The number of carbonyl (C=O) groups excluding carboxylic acids is 4. The molecule has 33 heavy (non-hydrogen) atoms. The highest BCUT2D eigenvalue weighted by atomic mass is 35.5. The van der Waals surface area contributed by atoms with Crippen molar-refractivity contribution in [3.63, 3.8) is 0 Å². The number of imide groups is 2. The monoisotopic (exact) mass is 493 g/mol. The maximum Gasteiger partial charge on any atom is 0.234 e. The summed E-state index contributed by atoms with van der Waals surface area (Å²) in [5.74, 6) is -2.27. The van der Waals surface area contributed by atoms with Crippen LogP contribution in [0.15, 0.2) is 22.2 Å². The molecule has 0 N–H and O–H groups in total. The molecule has 2 heterocycles. The Kier molecular flexibility index (Phi) is 6.40. The molecule has 0 aromatic rings. The first kappa shape index (κ1) is 23.1. The minimum absolute atomic E-state index is 0.109. The summed E-state index contributed by atoms with van der Waals surface area (Å²) in [6, 6.07) is 0.119. The van der Waals surface area contributed by atoms with E-state index in [0.29, 0.717) is 35.7 Å². The van der Waals surface area contributed by atoms with Crippen LogP contribution >= 0.6 is 23.2 Å². The zero-order valence-electron chi connectivity index (χ0n) is 18.6. The van der Waals surface area contributed by atoms with E-state index in [1.165, 1.54) is 9.80 Å². The van der Waals surface area contributed by atoms with Crippen molar-refractivity contribution < 1.29 is 19.2 Å². The number of rotatable bonds is 5. The quantitative estimate of drug-likeness (QED) is 0.547. The lowest BCUT2D eigenvalue weighted by molar-refractivity contribution is -0.147. The van der Waals surface area contributed by atoms with Crippen molar-refractivity contribution in [1.82, 2.24) is 14.7 Å². The summed E-state index contributed by atoms with van der Waals surface area (Å²) in [7, 11) is 0. The molecule has 3 fully saturated rings. The largest absolute Gasteiger partial charge is 0.274 e. The minimum atomic E-state index is -0.408. The number of fused-ring (bicyclic) bond motifs is 2. The molecule has 0 aromatic heterocycles. The van der Waals surface area contributed by atoms with Gasteiger partial charge in [-0.05, 0) is 38.5 Å². The van der Waals surface area contributed by atoms with E-state index in [9.17, 15) is 19.2 Å². The Morgan fingerprint density at radius 2 is 1.12 bits per heavy atom. The second-order valence-electron chi connectivity index (χ2n) is 9.98. The molecule has 3 aliphatic carbocycles. The third-order valence-corrected chi connectivity index (χ3v) is 8.68. The first-order valence-electron chi connectivity index (χ1n) is 12.0. The Morgan fingerprint density at radius 1 is 0.697 bits per heavy atom. The molecule has 5 aliphatic rings. The predicted molar refractivity (Wildman–Crippen MR) is 122 cm³/mol.